The first-order chi connectivity index (χ1) is 12.8. The summed E-state index contributed by atoms with van der Waals surface area (Å²) in [5.41, 5.74) is 0. The molecular weight excluding hydrogens is 500 g/mol. The van der Waals surface area contributed by atoms with Crippen LogP contribution in [0.15, 0.2) is 0 Å². The molecule has 0 bridgehead atoms. The van der Waals surface area contributed by atoms with Crippen LogP contribution in [0.2, 0.25) is 0 Å². The highest BCUT2D eigenvalue weighted by atomic mass is 32.3. The number of hydrogen-bond acceptors (Lipinski definition) is 18. The van der Waals surface area contributed by atoms with Gasteiger partial charge in [-0.1, -0.05) is 0 Å². The van der Waals surface area contributed by atoms with E-state index in [0.717, 1.165) is 7.11 Å². The fourth-order valence-electron chi connectivity index (χ4n) is 2.09. The van der Waals surface area contributed by atoms with Gasteiger partial charge in [0.15, 0.2) is 12.4 Å². The van der Waals surface area contributed by atoms with Crippen LogP contribution >= 0.6 is 0 Å². The van der Waals surface area contributed by atoms with E-state index in [4.69, 9.17) is 4.74 Å². The smallest absolute Gasteiger partial charge is 0.218 e. The van der Waals surface area contributed by atoms with Crippen LogP contribution in [0.1, 0.15) is 0 Å². The third-order valence-electron chi connectivity index (χ3n) is 2.89. The van der Waals surface area contributed by atoms with Crippen molar-refractivity contribution in [2.24, 2.45) is 0 Å². The van der Waals surface area contributed by atoms with Crippen LogP contribution in [0.4, 0.5) is 0 Å². The molecule has 0 radical (unpaired) electrons. The molecule has 1 saturated heterocycles. The maximum absolute atomic E-state index is 10.9. The number of rotatable bonds is 10. The Bertz CT molecular complexity index is 977. The minimum absolute atomic E-state index is 0.745. The first kappa shape index (κ1) is 26.4. The van der Waals surface area contributed by atoms with Gasteiger partial charge >= 0.3 is 0 Å². The molecule has 1 aliphatic rings. The van der Waals surface area contributed by atoms with Gasteiger partial charge in [-0.3, -0.25) is 16.7 Å². The summed E-state index contributed by atoms with van der Waals surface area (Å²) in [5, 5.41) is 0. The van der Waals surface area contributed by atoms with Gasteiger partial charge < -0.3 is 27.7 Å². The highest BCUT2D eigenvalue weighted by Gasteiger charge is 2.52. The first-order valence-corrected chi connectivity index (χ1v) is 11.9. The molecule has 22 heteroatoms. The molecule has 0 unspecified atom stereocenters. The maximum atomic E-state index is 10.9. The molecular formula is C7H10O18S4-4. The molecule has 29 heavy (non-hydrogen) atoms. The fourth-order valence-corrected chi connectivity index (χ4v) is 3.86. The van der Waals surface area contributed by atoms with Crippen molar-refractivity contribution >= 4 is 41.6 Å². The average Bonchev–Trinajstić information content (AvgIpc) is 2.44. The number of ether oxygens (including phenoxy) is 2. The SMILES string of the molecule is CO[C@H]1O[C@H](COS(=O)(=O)[O-])[C@@H](OS(=O)(=O)[O-])[C@H](OS(=O)(=O)[O-])[C@H]1OS(=O)(=O)[O-]. The predicted octanol–water partition coefficient (Wildman–Crippen LogP) is -4.63. The second kappa shape index (κ2) is 9.27. The van der Waals surface area contributed by atoms with Crippen LogP contribution in [-0.4, -0.2) is 96.3 Å². The molecule has 0 aromatic heterocycles. The van der Waals surface area contributed by atoms with Crippen molar-refractivity contribution in [3.8, 4) is 0 Å². The molecule has 0 aromatic rings. The lowest BCUT2D eigenvalue weighted by Gasteiger charge is -2.44. The molecule has 0 N–H and O–H groups in total. The van der Waals surface area contributed by atoms with E-state index in [1.165, 1.54) is 0 Å². The Morgan fingerprint density at radius 2 is 1.10 bits per heavy atom. The van der Waals surface area contributed by atoms with E-state index in [9.17, 15) is 51.9 Å². The zero-order chi connectivity index (χ0) is 22.8. The lowest BCUT2D eigenvalue weighted by molar-refractivity contribution is -0.279. The van der Waals surface area contributed by atoms with Crippen molar-refractivity contribution in [1.82, 2.24) is 0 Å². The summed E-state index contributed by atoms with van der Waals surface area (Å²) in [4.78, 5) is 0. The lowest BCUT2D eigenvalue weighted by Crippen LogP contribution is -2.62. The van der Waals surface area contributed by atoms with E-state index >= 15 is 0 Å². The summed E-state index contributed by atoms with van der Waals surface area (Å²) in [5.74, 6) is 0. The summed E-state index contributed by atoms with van der Waals surface area (Å²) in [6.07, 6.45) is -12.3. The zero-order valence-corrected chi connectivity index (χ0v) is 16.8. The number of hydrogen-bond donors (Lipinski definition) is 0. The summed E-state index contributed by atoms with van der Waals surface area (Å²) in [7, 11) is -22.1. The first-order valence-electron chi connectivity index (χ1n) is 6.52. The second-order valence-electron chi connectivity index (χ2n) is 4.88. The van der Waals surface area contributed by atoms with Crippen molar-refractivity contribution < 1.29 is 78.1 Å². The number of methoxy groups -OCH3 is 1. The van der Waals surface area contributed by atoms with E-state index in [0.29, 0.717) is 0 Å². The maximum Gasteiger partial charge on any atom is 0.218 e. The van der Waals surface area contributed by atoms with Gasteiger partial charge in [0, 0.05) is 7.11 Å². The standard InChI is InChI=1S/C7H14O18S4/c1-20-7-6(25-29(17,18)19)5(24-28(14,15)16)4(23-27(11,12)13)3(22-7)2-21-26(8,9)10/h3-7H,2H2,1H3,(H,8,9,10)(H,11,12,13)(H,14,15,16)(H,17,18,19)/p-4/t3-,4-,5+,6-,7+/m1/s1. The van der Waals surface area contributed by atoms with Crippen LogP contribution in [0.3, 0.4) is 0 Å². The van der Waals surface area contributed by atoms with Gasteiger partial charge in [-0.25, -0.2) is 33.7 Å². The van der Waals surface area contributed by atoms with Crippen LogP contribution in [0, 0.1) is 0 Å². The van der Waals surface area contributed by atoms with Crippen molar-refractivity contribution in [3.63, 3.8) is 0 Å². The molecule has 1 rings (SSSR count). The molecule has 1 heterocycles. The molecule has 0 saturated carbocycles. The summed E-state index contributed by atoms with van der Waals surface area (Å²) < 4.78 is 155. The largest absolute Gasteiger partial charge is 0.726 e. The second-order valence-corrected chi connectivity index (χ2v) is 8.96. The van der Waals surface area contributed by atoms with Gasteiger partial charge in [0.2, 0.25) is 41.6 Å². The van der Waals surface area contributed by atoms with Crippen molar-refractivity contribution in [2.45, 2.75) is 30.7 Å². The van der Waals surface area contributed by atoms with E-state index in [1.807, 2.05) is 0 Å². The van der Waals surface area contributed by atoms with E-state index in [2.05, 4.69) is 21.5 Å². The lowest BCUT2D eigenvalue weighted by atomic mass is 9.99. The molecule has 1 fully saturated rings. The van der Waals surface area contributed by atoms with E-state index in [1.54, 1.807) is 0 Å². The molecule has 174 valence electrons. The molecule has 0 amide bonds. The quantitative estimate of drug-likeness (QED) is 0.197. The average molecular weight is 510 g/mol. The third-order valence-corrected chi connectivity index (χ3v) is 4.69. The summed E-state index contributed by atoms with van der Waals surface area (Å²) >= 11 is 0. The summed E-state index contributed by atoms with van der Waals surface area (Å²) in [6.45, 7) is -1.46. The Kier molecular flexibility index (Phi) is 8.45. The molecule has 0 aliphatic carbocycles. The zero-order valence-electron chi connectivity index (χ0n) is 13.6. The molecule has 0 aromatic carbocycles. The van der Waals surface area contributed by atoms with Crippen LogP contribution in [0.5, 0.6) is 0 Å². The van der Waals surface area contributed by atoms with Gasteiger partial charge in [-0.05, 0) is 0 Å². The normalized spacial score (nSPS) is 29.6. The van der Waals surface area contributed by atoms with Gasteiger partial charge in [-0.15, -0.1) is 0 Å². The van der Waals surface area contributed by atoms with E-state index in [-0.39, 0.29) is 0 Å². The predicted molar refractivity (Wildman–Crippen MR) is 75.0 cm³/mol. The third kappa shape index (κ3) is 9.83. The Balaban J connectivity index is 3.49. The van der Waals surface area contributed by atoms with Gasteiger partial charge in [0.05, 0.1) is 6.61 Å². The minimum atomic E-state index is -5.83. The van der Waals surface area contributed by atoms with Crippen LogP contribution < -0.4 is 0 Å². The topological polar surface area (TPSA) is 284 Å². The van der Waals surface area contributed by atoms with Crippen molar-refractivity contribution in [2.75, 3.05) is 13.7 Å². The molecule has 18 nitrogen and oxygen atoms in total. The highest BCUT2D eigenvalue weighted by Crippen LogP contribution is 2.31. The Morgan fingerprint density at radius 1 is 0.690 bits per heavy atom. The Morgan fingerprint density at radius 3 is 1.48 bits per heavy atom. The van der Waals surface area contributed by atoms with Crippen LogP contribution in [0.25, 0.3) is 0 Å². The van der Waals surface area contributed by atoms with Crippen molar-refractivity contribution in [3.05, 3.63) is 0 Å². The summed E-state index contributed by atoms with van der Waals surface area (Å²) in [6, 6.07) is 0. The molecule has 1 aliphatic heterocycles. The van der Waals surface area contributed by atoms with Crippen LogP contribution in [-0.2, 0) is 67.8 Å². The monoisotopic (exact) mass is 510 g/mol. The van der Waals surface area contributed by atoms with Gasteiger partial charge in [0.25, 0.3) is 0 Å². The molecule has 5 atom stereocenters. The molecule has 0 spiro atoms. The Labute approximate surface area is 164 Å². The van der Waals surface area contributed by atoms with E-state index < -0.39 is 78.9 Å². The fraction of sp³-hybridized carbons (Fsp3) is 1.00. The van der Waals surface area contributed by atoms with Gasteiger partial charge in [0.1, 0.15) is 18.3 Å². The van der Waals surface area contributed by atoms with Gasteiger partial charge in [-0.2, -0.15) is 0 Å². The highest BCUT2D eigenvalue weighted by molar-refractivity contribution is 7.81. The van der Waals surface area contributed by atoms with Crippen molar-refractivity contribution in [1.29, 1.82) is 0 Å². The minimum Gasteiger partial charge on any atom is -0.726 e. The Hall–Kier alpha value is -0.600.